The van der Waals surface area contributed by atoms with Crippen LogP contribution in [-0.4, -0.2) is 17.4 Å². The van der Waals surface area contributed by atoms with Crippen molar-refractivity contribution in [3.63, 3.8) is 0 Å². The van der Waals surface area contributed by atoms with Crippen LogP contribution in [0.25, 0.3) is 0 Å². The van der Waals surface area contributed by atoms with Crippen LogP contribution in [-0.2, 0) is 10.2 Å². The lowest BCUT2D eigenvalue weighted by Crippen LogP contribution is -2.32. The molecule has 0 aromatic heterocycles. The number of ether oxygens (including phenoxy) is 1. The minimum absolute atomic E-state index is 0.229. The summed E-state index contributed by atoms with van der Waals surface area (Å²) in [5.41, 5.74) is 0.479. The highest BCUT2D eigenvalue weighted by Gasteiger charge is 2.72. The number of carbonyl (C=O) groups is 1. The summed E-state index contributed by atoms with van der Waals surface area (Å²) < 4.78 is 4.16. The summed E-state index contributed by atoms with van der Waals surface area (Å²) in [6.45, 7) is 0. The fourth-order valence-corrected chi connectivity index (χ4v) is 3.47. The van der Waals surface area contributed by atoms with Crippen LogP contribution in [0, 0.1) is 0 Å². The van der Waals surface area contributed by atoms with E-state index in [2.05, 4.69) is 5.32 Å². The molecule has 0 radical (unpaired) electrons. The van der Waals surface area contributed by atoms with E-state index in [1.165, 1.54) is 0 Å². The van der Waals surface area contributed by atoms with E-state index in [-0.39, 0.29) is 5.91 Å². The van der Waals surface area contributed by atoms with E-state index >= 15 is 0 Å². The van der Waals surface area contributed by atoms with Gasteiger partial charge in [-0.15, -0.1) is 23.2 Å². The Labute approximate surface area is 139 Å². The molecule has 1 aliphatic carbocycles. The van der Waals surface area contributed by atoms with Crippen LogP contribution in [0.1, 0.15) is 12.0 Å². The molecule has 2 aromatic rings. The second-order valence-electron chi connectivity index (χ2n) is 5.31. The summed E-state index contributed by atoms with van der Waals surface area (Å²) in [7, 11) is 1.56. The summed E-state index contributed by atoms with van der Waals surface area (Å²) in [5, 5.41) is 2.89. The molecular formula is C17H15Cl2NO2. The molecule has 0 spiro atoms. The minimum atomic E-state index is -1.10. The predicted molar refractivity (Wildman–Crippen MR) is 88.8 cm³/mol. The highest BCUT2D eigenvalue weighted by molar-refractivity contribution is 6.54. The molecule has 1 amide bonds. The van der Waals surface area contributed by atoms with Gasteiger partial charge in [0.05, 0.1) is 12.8 Å². The molecule has 1 saturated carbocycles. The van der Waals surface area contributed by atoms with Gasteiger partial charge in [0.2, 0.25) is 5.91 Å². The van der Waals surface area contributed by atoms with Crippen molar-refractivity contribution in [2.24, 2.45) is 0 Å². The molecule has 0 unspecified atom stereocenters. The molecule has 1 atom stereocenters. The Morgan fingerprint density at radius 3 is 2.27 bits per heavy atom. The summed E-state index contributed by atoms with van der Waals surface area (Å²) in [5.74, 6) is 0.364. The van der Waals surface area contributed by atoms with Gasteiger partial charge in [0.15, 0.2) is 0 Å². The zero-order chi connectivity index (χ0) is 15.8. The molecule has 0 heterocycles. The number of halogens is 2. The number of hydrogen-bond donors (Lipinski definition) is 1. The first kappa shape index (κ1) is 15.2. The molecule has 3 nitrogen and oxygen atoms in total. The van der Waals surface area contributed by atoms with Crippen molar-refractivity contribution in [1.29, 1.82) is 0 Å². The van der Waals surface area contributed by atoms with Gasteiger partial charge in [0.25, 0.3) is 0 Å². The van der Waals surface area contributed by atoms with Gasteiger partial charge in [-0.1, -0.05) is 42.5 Å². The van der Waals surface area contributed by atoms with Crippen molar-refractivity contribution in [2.75, 3.05) is 12.4 Å². The topological polar surface area (TPSA) is 38.3 Å². The van der Waals surface area contributed by atoms with E-state index in [1.807, 2.05) is 42.5 Å². The number of alkyl halides is 2. The van der Waals surface area contributed by atoms with E-state index in [9.17, 15) is 4.79 Å². The van der Waals surface area contributed by atoms with Crippen molar-refractivity contribution in [3.8, 4) is 5.75 Å². The first-order valence-electron chi connectivity index (χ1n) is 6.89. The predicted octanol–water partition coefficient (Wildman–Crippen LogP) is 4.15. The number of para-hydroxylation sites is 2. The molecule has 2 aromatic carbocycles. The highest BCUT2D eigenvalue weighted by Crippen LogP contribution is 2.65. The van der Waals surface area contributed by atoms with Gasteiger partial charge < -0.3 is 10.1 Å². The number of nitrogens with one attached hydrogen (secondary N) is 1. The molecule has 114 valence electrons. The zero-order valence-electron chi connectivity index (χ0n) is 12.0. The lowest BCUT2D eigenvalue weighted by atomic mass is 9.94. The second kappa shape index (κ2) is 5.49. The molecule has 0 aliphatic heterocycles. The normalized spacial score (nSPS) is 22.0. The van der Waals surface area contributed by atoms with Crippen molar-refractivity contribution in [3.05, 3.63) is 60.2 Å². The first-order valence-corrected chi connectivity index (χ1v) is 7.65. The Morgan fingerprint density at radius 1 is 1.09 bits per heavy atom. The molecule has 5 heteroatoms. The summed E-state index contributed by atoms with van der Waals surface area (Å²) in [4.78, 5) is 12.8. The van der Waals surface area contributed by atoms with Crippen LogP contribution < -0.4 is 10.1 Å². The Hall–Kier alpha value is -1.71. The zero-order valence-corrected chi connectivity index (χ0v) is 13.5. The maximum atomic E-state index is 12.8. The van der Waals surface area contributed by atoms with E-state index in [4.69, 9.17) is 27.9 Å². The molecule has 3 rings (SSSR count). The Morgan fingerprint density at radius 2 is 1.68 bits per heavy atom. The molecule has 0 saturated heterocycles. The molecule has 1 aliphatic rings. The standard InChI is InChI=1S/C17H15Cl2NO2/c1-22-14-10-6-5-9-13(14)20-15(21)16(11-17(16,18)19)12-7-3-2-4-8-12/h2-10H,11H2,1H3,(H,20,21)/t16-/m1/s1. The number of carbonyl (C=O) groups excluding carboxylic acids is 1. The molecule has 1 fully saturated rings. The van der Waals surface area contributed by atoms with Gasteiger partial charge in [-0.25, -0.2) is 0 Å². The maximum Gasteiger partial charge on any atom is 0.238 e. The number of methoxy groups -OCH3 is 1. The number of benzene rings is 2. The molecule has 22 heavy (non-hydrogen) atoms. The summed E-state index contributed by atoms with van der Waals surface area (Å²) in [6.07, 6.45) is 0.383. The third kappa shape index (κ3) is 2.34. The Balaban J connectivity index is 1.93. The Bertz CT molecular complexity index is 703. The van der Waals surface area contributed by atoms with Gasteiger partial charge >= 0.3 is 0 Å². The van der Waals surface area contributed by atoms with Crippen molar-refractivity contribution >= 4 is 34.8 Å². The third-order valence-electron chi connectivity index (χ3n) is 4.00. The van der Waals surface area contributed by atoms with Gasteiger partial charge in [-0.3, -0.25) is 4.79 Å². The quantitative estimate of drug-likeness (QED) is 0.852. The van der Waals surface area contributed by atoms with Gasteiger partial charge in [0, 0.05) is 6.42 Å². The van der Waals surface area contributed by atoms with Crippen molar-refractivity contribution in [1.82, 2.24) is 0 Å². The van der Waals surface area contributed by atoms with Crippen LogP contribution in [0.3, 0.4) is 0 Å². The van der Waals surface area contributed by atoms with Crippen molar-refractivity contribution < 1.29 is 9.53 Å². The first-order chi connectivity index (χ1) is 10.5. The largest absolute Gasteiger partial charge is 0.495 e. The molecule has 1 N–H and O–H groups in total. The molecular weight excluding hydrogens is 321 g/mol. The average molecular weight is 336 g/mol. The van der Waals surface area contributed by atoms with E-state index in [0.717, 1.165) is 5.56 Å². The second-order valence-corrected chi connectivity index (χ2v) is 6.79. The van der Waals surface area contributed by atoms with Crippen LogP contribution in [0.2, 0.25) is 0 Å². The lowest BCUT2D eigenvalue weighted by Gasteiger charge is -2.19. The van der Waals surface area contributed by atoms with E-state index in [0.29, 0.717) is 17.9 Å². The van der Waals surface area contributed by atoms with Crippen LogP contribution in [0.4, 0.5) is 5.69 Å². The highest BCUT2D eigenvalue weighted by atomic mass is 35.5. The minimum Gasteiger partial charge on any atom is -0.495 e. The number of anilines is 1. The maximum absolute atomic E-state index is 12.8. The van der Waals surface area contributed by atoms with E-state index in [1.54, 1.807) is 19.2 Å². The lowest BCUT2D eigenvalue weighted by molar-refractivity contribution is -0.118. The number of hydrogen-bond acceptors (Lipinski definition) is 2. The van der Waals surface area contributed by atoms with E-state index < -0.39 is 9.75 Å². The summed E-state index contributed by atoms with van der Waals surface area (Å²) in [6, 6.07) is 16.6. The monoisotopic (exact) mass is 335 g/mol. The van der Waals surface area contributed by atoms with Crippen molar-refractivity contribution in [2.45, 2.75) is 16.2 Å². The number of amides is 1. The fourth-order valence-electron chi connectivity index (χ4n) is 2.68. The average Bonchev–Trinajstić information content (AvgIpc) is 3.13. The summed E-state index contributed by atoms with van der Waals surface area (Å²) >= 11 is 12.6. The third-order valence-corrected chi connectivity index (χ3v) is 4.91. The smallest absolute Gasteiger partial charge is 0.238 e. The number of rotatable bonds is 4. The van der Waals surface area contributed by atoms with Gasteiger partial charge in [0.1, 0.15) is 15.5 Å². The Kier molecular flexibility index (Phi) is 3.79. The van der Waals surface area contributed by atoms with Gasteiger partial charge in [-0.05, 0) is 17.7 Å². The van der Waals surface area contributed by atoms with Crippen LogP contribution in [0.5, 0.6) is 5.75 Å². The van der Waals surface area contributed by atoms with Crippen LogP contribution >= 0.6 is 23.2 Å². The van der Waals surface area contributed by atoms with Gasteiger partial charge in [-0.2, -0.15) is 0 Å². The fraction of sp³-hybridized carbons (Fsp3) is 0.235. The van der Waals surface area contributed by atoms with Crippen LogP contribution in [0.15, 0.2) is 54.6 Å². The molecule has 0 bridgehead atoms. The SMILES string of the molecule is COc1ccccc1NC(=O)[C@]1(c2ccccc2)CC1(Cl)Cl.